The Bertz CT molecular complexity index is 183. The number of rotatable bonds is 2. The Morgan fingerprint density at radius 3 is 2.38 bits per heavy atom. The Hall–Kier alpha value is -0.570. The van der Waals surface area contributed by atoms with Gasteiger partial charge in [0.2, 0.25) is 5.91 Å². The molecule has 0 aromatic rings. The molecule has 0 bridgehead atoms. The fourth-order valence-electron chi connectivity index (χ4n) is 2.00. The molecule has 0 aromatic carbocycles. The zero-order valence-corrected chi connectivity index (χ0v) is 7.92. The van der Waals surface area contributed by atoms with Crippen LogP contribution in [0.1, 0.15) is 32.1 Å². The Kier molecular flexibility index (Phi) is 2.83. The van der Waals surface area contributed by atoms with E-state index >= 15 is 0 Å². The van der Waals surface area contributed by atoms with Crippen LogP contribution in [0, 0.1) is 5.92 Å². The summed E-state index contributed by atoms with van der Waals surface area (Å²) >= 11 is 0. The van der Waals surface area contributed by atoms with Crippen molar-refractivity contribution in [2.45, 2.75) is 38.1 Å². The predicted octanol–water partition coefficient (Wildman–Crippen LogP) is 1.08. The Balaban J connectivity index is 1.74. The van der Waals surface area contributed by atoms with Gasteiger partial charge in [-0.25, -0.2) is 0 Å². The average molecular weight is 183 g/mol. The van der Waals surface area contributed by atoms with Crippen molar-refractivity contribution in [3.8, 4) is 0 Å². The summed E-state index contributed by atoms with van der Waals surface area (Å²) < 4.78 is 5.01. The SMILES string of the molecule is O=C(NC1COC1)C1CCCCC1. The minimum atomic E-state index is 0.257. The lowest BCUT2D eigenvalue weighted by Crippen LogP contribution is -2.50. The molecule has 2 fully saturated rings. The van der Waals surface area contributed by atoms with Crippen LogP contribution in [0.5, 0.6) is 0 Å². The number of amides is 1. The molecule has 1 N–H and O–H groups in total. The first kappa shape index (κ1) is 9.00. The quantitative estimate of drug-likeness (QED) is 0.695. The molecule has 1 aliphatic heterocycles. The minimum Gasteiger partial charge on any atom is -0.377 e. The molecule has 13 heavy (non-hydrogen) atoms. The molecule has 3 nitrogen and oxygen atoms in total. The van der Waals surface area contributed by atoms with Crippen molar-refractivity contribution >= 4 is 5.91 Å². The first-order chi connectivity index (χ1) is 6.36. The van der Waals surface area contributed by atoms with Gasteiger partial charge in [-0.1, -0.05) is 19.3 Å². The highest BCUT2D eigenvalue weighted by Crippen LogP contribution is 2.23. The van der Waals surface area contributed by atoms with Crippen molar-refractivity contribution < 1.29 is 9.53 Å². The second-order valence-corrected chi connectivity index (χ2v) is 4.08. The highest BCUT2D eigenvalue weighted by molar-refractivity contribution is 5.79. The van der Waals surface area contributed by atoms with Gasteiger partial charge in [-0.05, 0) is 12.8 Å². The van der Waals surface area contributed by atoms with E-state index in [0.717, 1.165) is 12.8 Å². The fourth-order valence-corrected chi connectivity index (χ4v) is 2.00. The molecule has 1 saturated carbocycles. The zero-order chi connectivity index (χ0) is 9.10. The van der Waals surface area contributed by atoms with Gasteiger partial charge in [-0.15, -0.1) is 0 Å². The molecule has 1 amide bonds. The van der Waals surface area contributed by atoms with E-state index in [1.54, 1.807) is 0 Å². The molecule has 0 unspecified atom stereocenters. The molecule has 1 heterocycles. The molecule has 74 valence electrons. The first-order valence-electron chi connectivity index (χ1n) is 5.24. The van der Waals surface area contributed by atoms with Crippen LogP contribution < -0.4 is 5.32 Å². The van der Waals surface area contributed by atoms with E-state index in [2.05, 4.69) is 5.32 Å². The summed E-state index contributed by atoms with van der Waals surface area (Å²) in [5, 5.41) is 3.02. The van der Waals surface area contributed by atoms with Crippen LogP contribution in [0.15, 0.2) is 0 Å². The van der Waals surface area contributed by atoms with E-state index in [-0.39, 0.29) is 11.8 Å². The third kappa shape index (κ3) is 2.21. The summed E-state index contributed by atoms with van der Waals surface area (Å²) in [5.41, 5.74) is 0. The Labute approximate surface area is 78.8 Å². The maximum Gasteiger partial charge on any atom is 0.223 e. The van der Waals surface area contributed by atoms with Gasteiger partial charge in [0.05, 0.1) is 19.3 Å². The molecule has 0 aromatic heterocycles. The van der Waals surface area contributed by atoms with E-state index in [1.165, 1.54) is 19.3 Å². The van der Waals surface area contributed by atoms with Crippen molar-refractivity contribution in [3.05, 3.63) is 0 Å². The minimum absolute atomic E-state index is 0.257. The van der Waals surface area contributed by atoms with Gasteiger partial charge in [-0.3, -0.25) is 4.79 Å². The van der Waals surface area contributed by atoms with Crippen LogP contribution in [0.4, 0.5) is 0 Å². The first-order valence-corrected chi connectivity index (χ1v) is 5.24. The molecule has 3 heteroatoms. The zero-order valence-electron chi connectivity index (χ0n) is 7.92. The Morgan fingerprint density at radius 1 is 1.15 bits per heavy atom. The van der Waals surface area contributed by atoms with E-state index in [4.69, 9.17) is 4.74 Å². The van der Waals surface area contributed by atoms with Gasteiger partial charge < -0.3 is 10.1 Å². The highest BCUT2D eigenvalue weighted by atomic mass is 16.5. The standard InChI is InChI=1S/C10H17NO2/c12-10(11-9-6-13-7-9)8-4-2-1-3-5-8/h8-9H,1-7H2,(H,11,12). The van der Waals surface area contributed by atoms with Gasteiger partial charge in [-0.2, -0.15) is 0 Å². The molecular weight excluding hydrogens is 166 g/mol. The molecule has 0 atom stereocenters. The second kappa shape index (κ2) is 4.09. The van der Waals surface area contributed by atoms with E-state index in [1.807, 2.05) is 0 Å². The number of hydrogen-bond donors (Lipinski definition) is 1. The normalized spacial score (nSPS) is 25.2. The van der Waals surface area contributed by atoms with Crippen molar-refractivity contribution in [1.82, 2.24) is 5.32 Å². The van der Waals surface area contributed by atoms with Gasteiger partial charge in [0.25, 0.3) is 0 Å². The predicted molar refractivity (Wildman–Crippen MR) is 49.3 cm³/mol. The van der Waals surface area contributed by atoms with Crippen LogP contribution in [0.3, 0.4) is 0 Å². The average Bonchev–Trinajstić information content (AvgIpc) is 2.12. The lowest BCUT2D eigenvalue weighted by atomic mass is 9.88. The summed E-state index contributed by atoms with van der Waals surface area (Å²) in [7, 11) is 0. The number of carbonyl (C=O) groups excluding carboxylic acids is 1. The summed E-state index contributed by atoms with van der Waals surface area (Å²) in [6.07, 6.45) is 5.91. The third-order valence-corrected chi connectivity index (χ3v) is 2.96. The highest BCUT2D eigenvalue weighted by Gasteiger charge is 2.26. The summed E-state index contributed by atoms with van der Waals surface area (Å²) in [5.74, 6) is 0.544. The lowest BCUT2D eigenvalue weighted by molar-refractivity contribution is -0.130. The van der Waals surface area contributed by atoms with Crippen molar-refractivity contribution in [2.75, 3.05) is 13.2 Å². The smallest absolute Gasteiger partial charge is 0.223 e. The molecule has 0 spiro atoms. The molecule has 2 aliphatic rings. The van der Waals surface area contributed by atoms with Crippen molar-refractivity contribution in [1.29, 1.82) is 0 Å². The maximum atomic E-state index is 11.6. The van der Waals surface area contributed by atoms with Gasteiger partial charge >= 0.3 is 0 Å². The Morgan fingerprint density at radius 2 is 1.85 bits per heavy atom. The number of ether oxygens (including phenoxy) is 1. The van der Waals surface area contributed by atoms with Crippen molar-refractivity contribution in [2.24, 2.45) is 5.92 Å². The number of carbonyl (C=O) groups is 1. The molecule has 2 rings (SSSR count). The van der Waals surface area contributed by atoms with E-state index < -0.39 is 0 Å². The van der Waals surface area contributed by atoms with Gasteiger partial charge in [0, 0.05) is 5.92 Å². The van der Waals surface area contributed by atoms with E-state index in [9.17, 15) is 4.79 Å². The third-order valence-electron chi connectivity index (χ3n) is 2.96. The summed E-state index contributed by atoms with van der Waals surface area (Å²) in [6, 6.07) is 0.300. The number of nitrogens with one attached hydrogen (secondary N) is 1. The monoisotopic (exact) mass is 183 g/mol. The van der Waals surface area contributed by atoms with Crippen LogP contribution in [0.25, 0.3) is 0 Å². The molecule has 1 aliphatic carbocycles. The van der Waals surface area contributed by atoms with Crippen molar-refractivity contribution in [3.63, 3.8) is 0 Å². The largest absolute Gasteiger partial charge is 0.377 e. The second-order valence-electron chi connectivity index (χ2n) is 4.08. The summed E-state index contributed by atoms with van der Waals surface area (Å²) in [6.45, 7) is 1.41. The number of hydrogen-bond acceptors (Lipinski definition) is 2. The van der Waals surface area contributed by atoms with Gasteiger partial charge in [0.1, 0.15) is 0 Å². The topological polar surface area (TPSA) is 38.3 Å². The fraction of sp³-hybridized carbons (Fsp3) is 0.900. The van der Waals surface area contributed by atoms with Crippen LogP contribution >= 0.6 is 0 Å². The maximum absolute atomic E-state index is 11.6. The van der Waals surface area contributed by atoms with Crippen LogP contribution in [-0.2, 0) is 9.53 Å². The van der Waals surface area contributed by atoms with Crippen LogP contribution in [0.2, 0.25) is 0 Å². The van der Waals surface area contributed by atoms with Gasteiger partial charge in [0.15, 0.2) is 0 Å². The molecule has 1 saturated heterocycles. The lowest BCUT2D eigenvalue weighted by Gasteiger charge is -2.29. The van der Waals surface area contributed by atoms with Crippen LogP contribution in [-0.4, -0.2) is 25.2 Å². The van der Waals surface area contributed by atoms with E-state index in [0.29, 0.717) is 19.3 Å². The molecular formula is C10H17NO2. The summed E-state index contributed by atoms with van der Waals surface area (Å²) in [4.78, 5) is 11.6. The molecule has 0 radical (unpaired) electrons.